The van der Waals surface area contributed by atoms with Gasteiger partial charge in [-0.3, -0.25) is 10.1 Å². The van der Waals surface area contributed by atoms with Gasteiger partial charge in [-0.05, 0) is 42.3 Å². The number of ether oxygens (including phenoxy) is 2. The summed E-state index contributed by atoms with van der Waals surface area (Å²) >= 11 is 0. The Bertz CT molecular complexity index is 865. The fraction of sp³-hybridized carbons (Fsp3) is 0.118. The van der Waals surface area contributed by atoms with Gasteiger partial charge in [0.1, 0.15) is 0 Å². The van der Waals surface area contributed by atoms with Crippen LogP contribution in [0.15, 0.2) is 36.4 Å². The Kier molecular flexibility index (Phi) is 3.69. The molecule has 6 nitrogen and oxygen atoms in total. The molecule has 0 aliphatic carbocycles. The predicted molar refractivity (Wildman–Crippen MR) is 83.9 cm³/mol. The maximum atomic E-state index is 11.0. The summed E-state index contributed by atoms with van der Waals surface area (Å²) in [6.07, 6.45) is 1.62. The lowest BCUT2D eigenvalue weighted by Crippen LogP contribution is -1.93. The molecule has 0 amide bonds. The minimum Gasteiger partial charge on any atom is -0.454 e. The molecule has 0 bridgehead atoms. The number of benzene rings is 2. The highest BCUT2D eigenvalue weighted by molar-refractivity contribution is 5.90. The number of fused-ring (bicyclic) bond motifs is 1. The number of nitro benzene ring substituents is 1. The Morgan fingerprint density at radius 1 is 1.26 bits per heavy atom. The number of nitrogens with zero attached hydrogens (tertiary/aromatic N) is 2. The largest absolute Gasteiger partial charge is 0.454 e. The third-order valence-electron chi connectivity index (χ3n) is 3.54. The van der Waals surface area contributed by atoms with Gasteiger partial charge in [-0.2, -0.15) is 5.26 Å². The van der Waals surface area contributed by atoms with Crippen LogP contribution in [0.2, 0.25) is 0 Å². The second-order valence-corrected chi connectivity index (χ2v) is 5.04. The lowest BCUT2D eigenvalue weighted by Gasteiger charge is -2.03. The normalized spacial score (nSPS) is 12.8. The lowest BCUT2D eigenvalue weighted by atomic mass is 10.0. The van der Waals surface area contributed by atoms with E-state index in [2.05, 4.69) is 6.07 Å². The van der Waals surface area contributed by atoms with Crippen LogP contribution in [0.1, 0.15) is 16.7 Å². The standard InChI is InChI=1S/C17H12N2O4/c1-11-2-3-12(7-15(11)19(20)21)6-14(9-18)13-4-5-16-17(8-13)23-10-22-16/h2-8H,10H2,1H3. The highest BCUT2D eigenvalue weighted by Crippen LogP contribution is 2.35. The van der Waals surface area contributed by atoms with Crippen molar-refractivity contribution in [3.63, 3.8) is 0 Å². The lowest BCUT2D eigenvalue weighted by molar-refractivity contribution is -0.385. The fourth-order valence-corrected chi connectivity index (χ4v) is 2.32. The van der Waals surface area contributed by atoms with Gasteiger partial charge in [-0.1, -0.05) is 12.1 Å². The summed E-state index contributed by atoms with van der Waals surface area (Å²) in [5.41, 5.74) is 2.26. The number of hydrogen-bond donors (Lipinski definition) is 0. The second kappa shape index (κ2) is 5.81. The first-order valence-corrected chi connectivity index (χ1v) is 6.85. The number of hydrogen-bond acceptors (Lipinski definition) is 5. The Morgan fingerprint density at radius 2 is 2.04 bits per heavy atom. The molecule has 0 atom stereocenters. The Morgan fingerprint density at radius 3 is 2.78 bits per heavy atom. The van der Waals surface area contributed by atoms with Crippen molar-refractivity contribution >= 4 is 17.3 Å². The predicted octanol–water partition coefficient (Wildman–Crippen LogP) is 3.70. The third-order valence-corrected chi connectivity index (χ3v) is 3.54. The summed E-state index contributed by atoms with van der Waals surface area (Å²) in [6.45, 7) is 1.84. The SMILES string of the molecule is Cc1ccc(C=C(C#N)c2ccc3c(c2)OCO3)cc1[N+](=O)[O-]. The van der Waals surface area contributed by atoms with E-state index in [1.54, 1.807) is 43.3 Å². The number of rotatable bonds is 3. The van der Waals surface area contributed by atoms with Crippen LogP contribution >= 0.6 is 0 Å². The minimum absolute atomic E-state index is 0.0294. The van der Waals surface area contributed by atoms with Gasteiger partial charge in [0.05, 0.1) is 16.6 Å². The summed E-state index contributed by atoms with van der Waals surface area (Å²) in [5, 5.41) is 20.4. The molecule has 0 radical (unpaired) electrons. The summed E-state index contributed by atoms with van der Waals surface area (Å²) in [4.78, 5) is 10.6. The second-order valence-electron chi connectivity index (χ2n) is 5.04. The molecule has 23 heavy (non-hydrogen) atoms. The van der Waals surface area contributed by atoms with Crippen LogP contribution in [0, 0.1) is 28.4 Å². The first kappa shape index (κ1) is 14.6. The number of nitro groups is 1. The molecular formula is C17H12N2O4. The molecule has 0 fully saturated rings. The first-order valence-electron chi connectivity index (χ1n) is 6.85. The maximum absolute atomic E-state index is 11.0. The maximum Gasteiger partial charge on any atom is 0.272 e. The van der Waals surface area contributed by atoms with Crippen LogP contribution in [0.4, 0.5) is 5.69 Å². The van der Waals surface area contributed by atoms with E-state index in [1.165, 1.54) is 6.07 Å². The van der Waals surface area contributed by atoms with Crippen molar-refractivity contribution in [3.05, 3.63) is 63.2 Å². The van der Waals surface area contributed by atoms with Crippen LogP contribution in [-0.4, -0.2) is 11.7 Å². The zero-order chi connectivity index (χ0) is 16.4. The number of allylic oxidation sites excluding steroid dienone is 1. The van der Waals surface area contributed by atoms with Gasteiger partial charge < -0.3 is 9.47 Å². The highest BCUT2D eigenvalue weighted by atomic mass is 16.7. The van der Waals surface area contributed by atoms with Crippen molar-refractivity contribution in [2.75, 3.05) is 6.79 Å². The summed E-state index contributed by atoms with van der Waals surface area (Å²) in [6, 6.07) is 12.2. The smallest absolute Gasteiger partial charge is 0.272 e. The van der Waals surface area contributed by atoms with Gasteiger partial charge >= 0.3 is 0 Å². The van der Waals surface area contributed by atoms with Crippen LogP contribution < -0.4 is 9.47 Å². The molecule has 0 N–H and O–H groups in total. The summed E-state index contributed by atoms with van der Waals surface area (Å²) in [7, 11) is 0. The van der Waals surface area contributed by atoms with E-state index < -0.39 is 4.92 Å². The van der Waals surface area contributed by atoms with Crippen molar-refractivity contribution in [1.82, 2.24) is 0 Å². The van der Waals surface area contributed by atoms with Crippen LogP contribution in [0.5, 0.6) is 11.5 Å². The molecule has 0 unspecified atom stereocenters. The fourth-order valence-electron chi connectivity index (χ4n) is 2.32. The van der Waals surface area contributed by atoms with E-state index in [4.69, 9.17) is 9.47 Å². The molecule has 2 aromatic rings. The van der Waals surface area contributed by atoms with Gasteiger partial charge in [-0.25, -0.2) is 0 Å². The molecule has 2 aromatic carbocycles. The van der Waals surface area contributed by atoms with E-state index in [0.717, 1.165) is 0 Å². The average Bonchev–Trinajstić information content (AvgIpc) is 3.01. The van der Waals surface area contributed by atoms with E-state index in [9.17, 15) is 15.4 Å². The van der Waals surface area contributed by atoms with Gasteiger partial charge in [-0.15, -0.1) is 0 Å². The number of aryl methyl sites for hydroxylation is 1. The molecule has 1 aliphatic rings. The van der Waals surface area contributed by atoms with Gasteiger partial charge in [0.2, 0.25) is 6.79 Å². The minimum atomic E-state index is -0.431. The van der Waals surface area contributed by atoms with Crippen molar-refractivity contribution in [2.24, 2.45) is 0 Å². The van der Waals surface area contributed by atoms with Crippen LogP contribution in [0.25, 0.3) is 11.6 Å². The molecular weight excluding hydrogens is 296 g/mol. The molecule has 0 aromatic heterocycles. The topological polar surface area (TPSA) is 85.4 Å². The Balaban J connectivity index is 2.01. The summed E-state index contributed by atoms with van der Waals surface area (Å²) < 4.78 is 10.5. The van der Waals surface area contributed by atoms with Crippen molar-refractivity contribution in [1.29, 1.82) is 5.26 Å². The highest BCUT2D eigenvalue weighted by Gasteiger charge is 2.15. The van der Waals surface area contributed by atoms with Gasteiger partial charge in [0.25, 0.3) is 5.69 Å². The molecule has 1 aliphatic heterocycles. The molecule has 0 saturated carbocycles. The zero-order valence-electron chi connectivity index (χ0n) is 12.3. The van der Waals surface area contributed by atoms with E-state index in [-0.39, 0.29) is 12.5 Å². The van der Waals surface area contributed by atoms with Gasteiger partial charge in [0.15, 0.2) is 11.5 Å². The number of nitriles is 1. The molecule has 3 rings (SSSR count). The van der Waals surface area contributed by atoms with Crippen LogP contribution in [-0.2, 0) is 0 Å². The monoisotopic (exact) mass is 308 g/mol. The van der Waals surface area contributed by atoms with Crippen molar-refractivity contribution in [3.8, 4) is 17.6 Å². The zero-order valence-corrected chi connectivity index (χ0v) is 12.3. The molecule has 1 heterocycles. The van der Waals surface area contributed by atoms with Crippen molar-refractivity contribution in [2.45, 2.75) is 6.92 Å². The van der Waals surface area contributed by atoms with Crippen LogP contribution in [0.3, 0.4) is 0 Å². The molecule has 0 spiro atoms. The third kappa shape index (κ3) is 2.85. The quantitative estimate of drug-likeness (QED) is 0.373. The average molecular weight is 308 g/mol. The molecule has 114 valence electrons. The van der Waals surface area contributed by atoms with E-state index in [1.807, 2.05) is 0 Å². The van der Waals surface area contributed by atoms with E-state index in [0.29, 0.717) is 33.8 Å². The molecule has 0 saturated heterocycles. The van der Waals surface area contributed by atoms with E-state index >= 15 is 0 Å². The Hall–Kier alpha value is -3.33. The van der Waals surface area contributed by atoms with Crippen molar-refractivity contribution < 1.29 is 14.4 Å². The van der Waals surface area contributed by atoms with Gasteiger partial charge in [0, 0.05) is 11.6 Å². The molecule has 6 heteroatoms. The first-order chi connectivity index (χ1) is 11.1. The summed E-state index contributed by atoms with van der Waals surface area (Å²) in [5.74, 6) is 1.22. The Labute approximate surface area is 132 Å².